The largest absolute Gasteiger partial charge is 0.337 e. The lowest BCUT2D eigenvalue weighted by Gasteiger charge is -2.32. The molecule has 1 saturated heterocycles. The van der Waals surface area contributed by atoms with Crippen LogP contribution in [-0.4, -0.2) is 48.4 Å². The maximum Gasteiger partial charge on any atom is 0.272 e. The van der Waals surface area contributed by atoms with Gasteiger partial charge < -0.3 is 4.90 Å². The van der Waals surface area contributed by atoms with Gasteiger partial charge in [-0.2, -0.15) is 10.2 Å². The summed E-state index contributed by atoms with van der Waals surface area (Å²) in [5.41, 5.74) is 3.03. The molecule has 0 spiro atoms. The summed E-state index contributed by atoms with van der Waals surface area (Å²) in [6.07, 6.45) is 5.11. The monoisotopic (exact) mass is 392 g/mol. The molecule has 29 heavy (non-hydrogen) atoms. The van der Waals surface area contributed by atoms with Crippen LogP contribution in [0, 0.1) is 12.8 Å². The summed E-state index contributed by atoms with van der Waals surface area (Å²) in [5, 5.41) is 8.80. The van der Waals surface area contributed by atoms with Gasteiger partial charge in [0.15, 0.2) is 0 Å². The van der Waals surface area contributed by atoms with Gasteiger partial charge in [0, 0.05) is 50.7 Å². The van der Waals surface area contributed by atoms with Crippen molar-refractivity contribution < 1.29 is 4.79 Å². The molecule has 4 heterocycles. The Labute approximate surface area is 168 Å². The summed E-state index contributed by atoms with van der Waals surface area (Å²) in [6, 6.07) is 8.88. The number of nitrogens with zero attached hydrogens (tertiary/aromatic N) is 6. The molecule has 1 aliphatic rings. The lowest BCUT2D eigenvalue weighted by molar-refractivity contribution is 0.0669. The highest BCUT2D eigenvalue weighted by Gasteiger charge is 2.26. The van der Waals surface area contributed by atoms with Crippen LogP contribution in [-0.2, 0) is 13.6 Å². The molecule has 0 bridgehead atoms. The first-order chi connectivity index (χ1) is 14.0. The Hall–Kier alpha value is -3.29. The first-order valence-electron chi connectivity index (χ1n) is 9.80. The van der Waals surface area contributed by atoms with E-state index in [9.17, 15) is 9.59 Å². The van der Waals surface area contributed by atoms with Crippen LogP contribution in [0.4, 0.5) is 0 Å². The number of amides is 1. The van der Waals surface area contributed by atoms with Crippen LogP contribution in [0.2, 0.25) is 0 Å². The Bertz CT molecular complexity index is 1060. The summed E-state index contributed by atoms with van der Waals surface area (Å²) >= 11 is 0. The van der Waals surface area contributed by atoms with Gasteiger partial charge in [0.2, 0.25) is 0 Å². The topological polar surface area (TPSA) is 85.9 Å². The van der Waals surface area contributed by atoms with Crippen LogP contribution in [0.15, 0.2) is 47.5 Å². The molecule has 1 amide bonds. The number of likely N-dealkylation sites (tertiary alicyclic amines) is 1. The molecule has 0 unspecified atom stereocenters. The van der Waals surface area contributed by atoms with Gasteiger partial charge in [-0.25, -0.2) is 4.68 Å². The van der Waals surface area contributed by atoms with Gasteiger partial charge in [-0.05, 0) is 49.9 Å². The van der Waals surface area contributed by atoms with Crippen LogP contribution in [0.3, 0.4) is 0 Å². The molecule has 0 radical (unpaired) electrons. The molecule has 0 saturated carbocycles. The molecule has 0 aliphatic carbocycles. The van der Waals surface area contributed by atoms with E-state index in [1.807, 2.05) is 30.0 Å². The number of aromatic nitrogens is 5. The van der Waals surface area contributed by atoms with Crippen molar-refractivity contribution in [2.24, 2.45) is 13.0 Å². The van der Waals surface area contributed by atoms with E-state index in [1.54, 1.807) is 40.9 Å². The average molecular weight is 392 g/mol. The number of carbonyl (C=O) groups excluding carboxylic acids is 1. The minimum absolute atomic E-state index is 0.0153. The van der Waals surface area contributed by atoms with E-state index >= 15 is 0 Å². The molecule has 150 valence electrons. The Morgan fingerprint density at radius 3 is 2.48 bits per heavy atom. The third-order valence-corrected chi connectivity index (χ3v) is 5.40. The summed E-state index contributed by atoms with van der Waals surface area (Å²) in [7, 11) is 1.79. The fourth-order valence-corrected chi connectivity index (χ4v) is 3.79. The van der Waals surface area contributed by atoms with Crippen LogP contribution >= 0.6 is 0 Å². The fourth-order valence-electron chi connectivity index (χ4n) is 3.79. The molecule has 0 N–H and O–H groups in total. The number of pyridine rings is 1. The van der Waals surface area contributed by atoms with Gasteiger partial charge in [0.05, 0.1) is 11.4 Å². The molecule has 1 fully saturated rings. The van der Waals surface area contributed by atoms with Gasteiger partial charge in [-0.15, -0.1) is 0 Å². The first-order valence-corrected chi connectivity index (χ1v) is 9.80. The second kappa shape index (κ2) is 7.98. The van der Waals surface area contributed by atoms with Crippen LogP contribution < -0.4 is 5.56 Å². The Kier molecular flexibility index (Phi) is 5.24. The number of piperidine rings is 1. The van der Waals surface area contributed by atoms with Crippen LogP contribution in [0.25, 0.3) is 11.3 Å². The Morgan fingerprint density at radius 2 is 1.83 bits per heavy atom. The van der Waals surface area contributed by atoms with E-state index in [4.69, 9.17) is 0 Å². The van der Waals surface area contributed by atoms with Crippen LogP contribution in [0.1, 0.15) is 29.0 Å². The van der Waals surface area contributed by atoms with Crippen molar-refractivity contribution in [3.63, 3.8) is 0 Å². The Balaban J connectivity index is 1.42. The average Bonchev–Trinajstić information content (AvgIpc) is 3.08. The molecule has 8 heteroatoms. The predicted molar refractivity (Wildman–Crippen MR) is 108 cm³/mol. The SMILES string of the molecule is Cc1cc(C(=O)N2CCC(Cn3nc(-c4ccncc4)ccc3=O)CC2)n(C)n1. The Morgan fingerprint density at radius 1 is 1.10 bits per heavy atom. The standard InChI is InChI=1S/C21H24N6O2/c1-15-13-19(25(2)23-15)21(29)26-11-7-16(8-12-26)14-27-20(28)4-3-18(24-27)17-5-9-22-10-6-17/h3-6,9-10,13,16H,7-8,11-12,14H2,1-2H3. The maximum absolute atomic E-state index is 12.7. The third kappa shape index (κ3) is 4.11. The van der Waals surface area contributed by atoms with Crippen LogP contribution in [0.5, 0.6) is 0 Å². The second-order valence-electron chi connectivity index (χ2n) is 7.50. The van der Waals surface area contributed by atoms with E-state index in [0.29, 0.717) is 31.2 Å². The van der Waals surface area contributed by atoms with E-state index in [-0.39, 0.29) is 11.5 Å². The molecular weight excluding hydrogens is 368 g/mol. The zero-order valence-electron chi connectivity index (χ0n) is 16.7. The lowest BCUT2D eigenvalue weighted by Crippen LogP contribution is -2.41. The molecule has 1 aliphatic heterocycles. The van der Waals surface area contributed by atoms with Gasteiger partial charge in [-0.3, -0.25) is 19.3 Å². The van der Waals surface area contributed by atoms with E-state index in [2.05, 4.69) is 15.2 Å². The molecule has 3 aromatic heterocycles. The predicted octanol–water partition coefficient (Wildman–Crippen LogP) is 1.90. The zero-order chi connectivity index (χ0) is 20.4. The van der Waals surface area contributed by atoms with Crippen molar-refractivity contribution in [3.8, 4) is 11.3 Å². The minimum Gasteiger partial charge on any atom is -0.337 e. The van der Waals surface area contributed by atoms with Crippen molar-refractivity contribution in [3.05, 3.63) is 64.5 Å². The van der Waals surface area contributed by atoms with Crippen molar-refractivity contribution in [2.75, 3.05) is 13.1 Å². The van der Waals surface area contributed by atoms with Crippen molar-refractivity contribution in [1.29, 1.82) is 0 Å². The highest BCUT2D eigenvalue weighted by atomic mass is 16.2. The van der Waals surface area contributed by atoms with Crippen molar-refractivity contribution >= 4 is 5.91 Å². The number of hydrogen-bond acceptors (Lipinski definition) is 5. The lowest BCUT2D eigenvalue weighted by atomic mass is 9.96. The number of aryl methyl sites for hydroxylation is 2. The number of carbonyl (C=O) groups is 1. The van der Waals surface area contributed by atoms with Gasteiger partial charge in [0.25, 0.3) is 11.5 Å². The van der Waals surface area contributed by atoms with Gasteiger partial charge in [-0.1, -0.05) is 0 Å². The highest BCUT2D eigenvalue weighted by Crippen LogP contribution is 2.21. The summed E-state index contributed by atoms with van der Waals surface area (Å²) in [6.45, 7) is 3.79. The maximum atomic E-state index is 12.7. The normalized spacial score (nSPS) is 14.9. The molecule has 8 nitrogen and oxygen atoms in total. The van der Waals surface area contributed by atoms with Crippen molar-refractivity contribution in [1.82, 2.24) is 29.4 Å². The third-order valence-electron chi connectivity index (χ3n) is 5.40. The van der Waals surface area contributed by atoms with E-state index in [1.165, 1.54) is 0 Å². The first kappa shape index (κ1) is 19.0. The molecular formula is C21H24N6O2. The highest BCUT2D eigenvalue weighted by molar-refractivity contribution is 5.92. The number of hydrogen-bond donors (Lipinski definition) is 0. The molecule has 3 aromatic rings. The van der Waals surface area contributed by atoms with E-state index < -0.39 is 0 Å². The molecule has 0 atom stereocenters. The van der Waals surface area contributed by atoms with Gasteiger partial charge >= 0.3 is 0 Å². The molecule has 4 rings (SSSR count). The summed E-state index contributed by atoms with van der Waals surface area (Å²) in [4.78, 5) is 30.9. The second-order valence-corrected chi connectivity index (χ2v) is 7.50. The quantitative estimate of drug-likeness (QED) is 0.677. The summed E-state index contributed by atoms with van der Waals surface area (Å²) < 4.78 is 3.18. The van der Waals surface area contributed by atoms with Gasteiger partial charge in [0.1, 0.15) is 5.69 Å². The minimum atomic E-state index is -0.105. The summed E-state index contributed by atoms with van der Waals surface area (Å²) in [5.74, 6) is 0.326. The smallest absolute Gasteiger partial charge is 0.272 e. The van der Waals surface area contributed by atoms with E-state index in [0.717, 1.165) is 29.8 Å². The zero-order valence-corrected chi connectivity index (χ0v) is 16.7. The molecule has 0 aromatic carbocycles. The number of rotatable bonds is 4. The fraction of sp³-hybridized carbons (Fsp3) is 0.381. The van der Waals surface area contributed by atoms with Crippen molar-refractivity contribution in [2.45, 2.75) is 26.3 Å².